The third kappa shape index (κ3) is 5.48. The number of Topliss-reactive ketones (excluding diaryl/α,β-unsaturated/α-hetero) is 2. The molecule has 8 nitrogen and oxygen atoms in total. The second kappa shape index (κ2) is 15.3. The first kappa shape index (κ1) is 42.3. The van der Waals surface area contributed by atoms with Gasteiger partial charge in [-0.05, 0) is 140 Å². The molecule has 8 heteroatoms. The SMILES string of the molecule is C/C=C/[C@]12C[C@H](C(=O)CCC)[C@@H](OC)[C@@H]3Oc4cc(C)cc5c4[C@@]31CCN(C)[C@@H]2C5.CCCC(=O)[C@H]1C[C@]2(CCC)[C@H]3Cc4cc(C)cc5c4[C@@]2(CCN3C)[C@@H](O5)[C@@H]1OC. The zero-order valence-corrected chi connectivity index (χ0v) is 38.3. The Morgan fingerprint density at radius 2 is 1.23 bits per heavy atom. The molecule has 0 radical (unpaired) electrons. The predicted molar refractivity (Wildman–Crippen MR) is 236 cm³/mol. The van der Waals surface area contributed by atoms with Gasteiger partial charge in [-0.15, -0.1) is 0 Å². The minimum Gasteiger partial charge on any atom is -0.486 e. The Morgan fingerprint density at radius 3 is 1.77 bits per heavy atom. The molecule has 0 unspecified atom stereocenters. The summed E-state index contributed by atoms with van der Waals surface area (Å²) in [5.41, 5.74) is 8.18. The lowest BCUT2D eigenvalue weighted by Crippen LogP contribution is -2.74. The quantitative estimate of drug-likeness (QED) is 0.209. The summed E-state index contributed by atoms with van der Waals surface area (Å²) in [7, 11) is 8.12. The van der Waals surface area contributed by atoms with Gasteiger partial charge in [0, 0.05) is 78.4 Å². The normalized spacial score (nSPS) is 39.0. The summed E-state index contributed by atoms with van der Waals surface area (Å²) in [6, 6.07) is 10.0. The number of aryl methyl sites for hydroxylation is 2. The van der Waals surface area contributed by atoms with Crippen LogP contribution in [0.3, 0.4) is 0 Å². The van der Waals surface area contributed by atoms with Crippen molar-refractivity contribution in [3.63, 3.8) is 0 Å². The van der Waals surface area contributed by atoms with Crippen LogP contribution in [0.1, 0.15) is 125 Å². The van der Waals surface area contributed by atoms with E-state index in [1.54, 1.807) is 14.2 Å². The van der Waals surface area contributed by atoms with E-state index in [2.05, 4.69) is 102 Å². The van der Waals surface area contributed by atoms with Gasteiger partial charge in [0.15, 0.2) is 0 Å². The Bertz CT molecular complexity index is 2060. The van der Waals surface area contributed by atoms with Gasteiger partial charge in [0.25, 0.3) is 0 Å². The maximum atomic E-state index is 13.4. The lowest BCUT2D eigenvalue weighted by atomic mass is 9.40. The van der Waals surface area contributed by atoms with Crippen LogP contribution in [0, 0.1) is 36.5 Å². The van der Waals surface area contributed by atoms with E-state index in [0.717, 1.165) is 88.8 Å². The highest BCUT2D eigenvalue weighted by Crippen LogP contribution is 2.72. The molecule has 0 amide bonds. The van der Waals surface area contributed by atoms with E-state index in [1.165, 1.54) is 33.4 Å². The molecule has 2 saturated carbocycles. The number of methoxy groups -OCH3 is 2. The molecule has 4 aliphatic heterocycles. The van der Waals surface area contributed by atoms with Crippen LogP contribution in [0.15, 0.2) is 36.4 Å². The number of hydrogen-bond acceptors (Lipinski definition) is 8. The summed E-state index contributed by atoms with van der Waals surface area (Å²) >= 11 is 0. The van der Waals surface area contributed by atoms with Crippen molar-refractivity contribution in [2.75, 3.05) is 41.4 Å². The van der Waals surface area contributed by atoms with Crippen LogP contribution >= 0.6 is 0 Å². The van der Waals surface area contributed by atoms with Crippen LogP contribution in [-0.4, -0.2) is 99.3 Å². The Labute approximate surface area is 360 Å². The fraction of sp³-hybridized carbons (Fsp3) is 0.692. The highest BCUT2D eigenvalue weighted by Gasteiger charge is 2.75. The number of likely N-dealkylation sites (N-methyl/N-ethyl adjacent to an activating group) is 2. The smallest absolute Gasteiger partial charge is 0.138 e. The van der Waals surface area contributed by atoms with Crippen molar-refractivity contribution >= 4 is 11.6 Å². The molecule has 4 heterocycles. The fourth-order valence-electron chi connectivity index (χ4n) is 15.8. The third-order valence-electron chi connectivity index (χ3n) is 17.6. The molecule has 2 spiro atoms. The first-order valence-electron chi connectivity index (χ1n) is 23.6. The van der Waals surface area contributed by atoms with Crippen LogP contribution in [0.25, 0.3) is 0 Å². The summed E-state index contributed by atoms with van der Waals surface area (Å²) in [4.78, 5) is 31.8. The molecule has 60 heavy (non-hydrogen) atoms. The van der Waals surface area contributed by atoms with Crippen molar-refractivity contribution in [1.82, 2.24) is 9.80 Å². The molecule has 2 aromatic rings. The van der Waals surface area contributed by atoms with Gasteiger partial charge in [0.2, 0.25) is 0 Å². The fourth-order valence-corrected chi connectivity index (χ4v) is 15.8. The van der Waals surface area contributed by atoms with E-state index in [1.807, 2.05) is 0 Å². The molecule has 8 aliphatic rings. The molecule has 4 aliphatic carbocycles. The molecule has 10 rings (SSSR count). The first-order chi connectivity index (χ1) is 28.9. The van der Waals surface area contributed by atoms with Gasteiger partial charge in [-0.1, -0.05) is 51.5 Å². The van der Waals surface area contributed by atoms with Crippen molar-refractivity contribution in [2.45, 2.75) is 166 Å². The van der Waals surface area contributed by atoms with Gasteiger partial charge >= 0.3 is 0 Å². The number of hydrogen-bond donors (Lipinski definition) is 0. The highest BCUT2D eigenvalue weighted by molar-refractivity contribution is 5.83. The number of carbonyl (C=O) groups excluding carboxylic acids is 2. The highest BCUT2D eigenvalue weighted by atomic mass is 16.5. The van der Waals surface area contributed by atoms with Gasteiger partial charge in [-0.2, -0.15) is 0 Å². The zero-order valence-electron chi connectivity index (χ0n) is 38.3. The Balaban J connectivity index is 0.000000154. The maximum Gasteiger partial charge on any atom is 0.138 e. The van der Waals surface area contributed by atoms with Crippen molar-refractivity contribution in [3.8, 4) is 11.5 Å². The monoisotopic (exact) mass is 821 g/mol. The number of likely N-dealkylation sites (tertiary alicyclic amines) is 2. The van der Waals surface area contributed by atoms with Gasteiger partial charge < -0.3 is 28.7 Å². The number of rotatable bonds is 11. The van der Waals surface area contributed by atoms with Crippen molar-refractivity contribution in [1.29, 1.82) is 0 Å². The van der Waals surface area contributed by atoms with Crippen LogP contribution in [0.5, 0.6) is 11.5 Å². The zero-order chi connectivity index (χ0) is 42.5. The summed E-state index contributed by atoms with van der Waals surface area (Å²) in [5.74, 6) is 2.64. The number of piperidine rings is 2. The maximum absolute atomic E-state index is 13.4. The number of carbonyl (C=O) groups is 2. The van der Waals surface area contributed by atoms with Gasteiger partial charge in [0.05, 0.1) is 5.41 Å². The topological polar surface area (TPSA) is 77.5 Å². The molecule has 2 aromatic carbocycles. The molecular formula is C52H72N2O6. The Morgan fingerprint density at radius 1 is 0.733 bits per heavy atom. The molecule has 0 aromatic heterocycles. The van der Waals surface area contributed by atoms with Crippen molar-refractivity contribution in [2.24, 2.45) is 22.7 Å². The Hall–Kier alpha value is -3.04. The van der Waals surface area contributed by atoms with Crippen LogP contribution in [0.2, 0.25) is 0 Å². The van der Waals surface area contributed by atoms with Gasteiger partial charge in [0.1, 0.15) is 47.5 Å². The van der Waals surface area contributed by atoms with E-state index in [0.29, 0.717) is 36.5 Å². The predicted octanol–water partition coefficient (Wildman–Crippen LogP) is 8.67. The molecule has 0 N–H and O–H groups in total. The first-order valence-corrected chi connectivity index (χ1v) is 23.6. The van der Waals surface area contributed by atoms with E-state index in [-0.39, 0.29) is 57.9 Å². The standard InChI is InChI=1S/C26H37NO3.C26H35NO3/c2*1-6-8-19(28)18-15-25(9-7-2)21-14-17-12-16(3)13-20-22(17)26(25,10-11-27(21)4)24(30-20)23(18)29-5/h12-13,18,21,23-24H,6-11,14-15H2,1-5H3;7,9,12-13,18,21,23-24H,6,8,10-11,14-15H2,1-5H3/b;9-7+/t2*18-,21-,23-,24+,25-,26+/m11/s1. The molecule has 4 fully saturated rings. The summed E-state index contributed by atoms with van der Waals surface area (Å²) in [5, 5.41) is 0. The average molecular weight is 821 g/mol. The second-order valence-electron chi connectivity index (χ2n) is 20.4. The van der Waals surface area contributed by atoms with Gasteiger partial charge in [-0.3, -0.25) is 9.59 Å². The average Bonchev–Trinajstić information content (AvgIpc) is 3.72. The van der Waals surface area contributed by atoms with Gasteiger partial charge in [-0.25, -0.2) is 0 Å². The summed E-state index contributed by atoms with van der Waals surface area (Å²) in [6.07, 6.45) is 15.5. The lowest BCUT2D eigenvalue weighted by Gasteiger charge is -2.67. The lowest BCUT2D eigenvalue weighted by molar-refractivity contribution is -0.191. The van der Waals surface area contributed by atoms with E-state index in [4.69, 9.17) is 18.9 Å². The minimum atomic E-state index is -0.190. The Kier molecular flexibility index (Phi) is 10.8. The summed E-state index contributed by atoms with van der Waals surface area (Å²) < 4.78 is 25.9. The van der Waals surface area contributed by atoms with Crippen LogP contribution in [0.4, 0.5) is 0 Å². The molecule has 12 atom stereocenters. The molecule has 2 saturated heterocycles. The largest absolute Gasteiger partial charge is 0.486 e. The molecule has 326 valence electrons. The van der Waals surface area contributed by atoms with E-state index in [9.17, 15) is 9.59 Å². The van der Waals surface area contributed by atoms with E-state index < -0.39 is 0 Å². The molecule has 4 bridgehead atoms. The second-order valence-corrected chi connectivity index (χ2v) is 20.4. The van der Waals surface area contributed by atoms with Crippen LogP contribution in [-0.2, 0) is 42.7 Å². The molecular weight excluding hydrogens is 749 g/mol. The van der Waals surface area contributed by atoms with Crippen molar-refractivity contribution in [3.05, 3.63) is 69.8 Å². The number of benzene rings is 2. The number of ether oxygens (including phenoxy) is 4. The number of nitrogens with zero attached hydrogens (tertiary/aromatic N) is 2. The van der Waals surface area contributed by atoms with Crippen LogP contribution < -0.4 is 9.47 Å². The minimum absolute atomic E-state index is 0.0273. The number of ketones is 2. The van der Waals surface area contributed by atoms with E-state index >= 15 is 0 Å². The van der Waals surface area contributed by atoms with Crippen molar-refractivity contribution < 1.29 is 28.5 Å². The number of allylic oxidation sites excluding steroid dienone is 1. The third-order valence-corrected chi connectivity index (χ3v) is 17.6. The summed E-state index contributed by atoms with van der Waals surface area (Å²) in [6.45, 7) is 15.1.